The summed E-state index contributed by atoms with van der Waals surface area (Å²) in [5.41, 5.74) is 1.17. The van der Waals surface area contributed by atoms with Gasteiger partial charge in [0.15, 0.2) is 5.17 Å². The minimum atomic E-state index is -1.02. The van der Waals surface area contributed by atoms with Crippen LogP contribution < -0.4 is 21.3 Å². The number of carbonyl (C=O) groups excluding carboxylic acids is 7. The standard InChI is InChI=1S/C40H49N7O10S/c1-40(2,3)57-39(54)46-18-15-27-30(23-46)58-38(43-27)45-34(50)25-11-9-24(10-12-25)33(49)42-17-6-20-56-22-21-55-19-5-16-41-28-8-4-7-26-32(28)37(53)47(36(26)52)29-13-14-31(48)44-35(29)51/h4,7-12,27,29-30,41H,5-6,13-23H2,1-3H3,(H,42,49)(H,43,45,50)(H,44,48,51). The Morgan fingerprint density at radius 1 is 0.879 bits per heavy atom. The normalized spacial score (nSPS) is 20.3. The topological polar surface area (TPSA) is 214 Å². The number of amides is 7. The molecule has 310 valence electrons. The third-order valence-corrected chi connectivity index (χ3v) is 10.9. The van der Waals surface area contributed by atoms with Crippen LogP contribution in [-0.4, -0.2) is 132 Å². The highest BCUT2D eigenvalue weighted by atomic mass is 32.2. The van der Waals surface area contributed by atoms with E-state index >= 15 is 0 Å². The summed E-state index contributed by atoms with van der Waals surface area (Å²) in [6.45, 7) is 9.03. The van der Waals surface area contributed by atoms with E-state index in [0.29, 0.717) is 93.9 Å². The van der Waals surface area contributed by atoms with Gasteiger partial charge in [-0.3, -0.25) is 44.0 Å². The van der Waals surface area contributed by atoms with Crippen LogP contribution in [0.4, 0.5) is 10.5 Å². The van der Waals surface area contributed by atoms with Crippen LogP contribution in [0.1, 0.15) is 94.3 Å². The molecule has 4 aliphatic rings. The minimum absolute atomic E-state index is 0.0158. The van der Waals surface area contributed by atoms with Crippen molar-refractivity contribution in [2.75, 3.05) is 57.9 Å². The second kappa shape index (κ2) is 18.9. The predicted molar refractivity (Wildman–Crippen MR) is 214 cm³/mol. The molecular weight excluding hydrogens is 771 g/mol. The number of anilines is 1. The molecule has 0 aliphatic carbocycles. The maximum atomic E-state index is 13.2. The highest BCUT2D eigenvalue weighted by molar-refractivity contribution is 8.14. The van der Waals surface area contributed by atoms with Gasteiger partial charge in [-0.1, -0.05) is 17.8 Å². The van der Waals surface area contributed by atoms with E-state index in [-0.39, 0.29) is 53.2 Å². The SMILES string of the molecule is CC(C)(C)OC(=O)N1CCC2N=C(NC(=O)c3ccc(C(=O)NCCCOCCOCCCNc4cccc5c4C(=O)N(C4CCC(=O)NC4=O)C5=O)cc3)SC2C1. The number of rotatable bonds is 15. The molecule has 7 amide bonds. The molecule has 4 N–H and O–H groups in total. The summed E-state index contributed by atoms with van der Waals surface area (Å²) < 4.78 is 16.8. The van der Waals surface area contributed by atoms with E-state index < -0.39 is 35.3 Å². The number of fused-ring (bicyclic) bond motifs is 2. The molecule has 6 rings (SSSR count). The molecule has 0 radical (unpaired) electrons. The molecule has 0 saturated carbocycles. The lowest BCUT2D eigenvalue weighted by molar-refractivity contribution is -0.136. The van der Waals surface area contributed by atoms with Crippen molar-refractivity contribution in [3.05, 3.63) is 64.7 Å². The van der Waals surface area contributed by atoms with Crippen molar-refractivity contribution in [3.8, 4) is 0 Å². The van der Waals surface area contributed by atoms with Gasteiger partial charge >= 0.3 is 6.09 Å². The molecule has 3 atom stereocenters. The van der Waals surface area contributed by atoms with Crippen molar-refractivity contribution >= 4 is 64.2 Å². The first-order chi connectivity index (χ1) is 27.8. The van der Waals surface area contributed by atoms with Crippen molar-refractivity contribution in [2.45, 2.75) is 75.8 Å². The average Bonchev–Trinajstić information content (AvgIpc) is 3.70. The third-order valence-electron chi connectivity index (χ3n) is 9.72. The van der Waals surface area contributed by atoms with Gasteiger partial charge < -0.3 is 35.1 Å². The molecule has 18 heteroatoms. The van der Waals surface area contributed by atoms with Gasteiger partial charge in [0.2, 0.25) is 11.8 Å². The number of amidine groups is 1. The van der Waals surface area contributed by atoms with E-state index in [9.17, 15) is 33.6 Å². The number of nitrogens with zero attached hydrogens (tertiary/aromatic N) is 3. The van der Waals surface area contributed by atoms with Crippen LogP contribution in [-0.2, 0) is 23.8 Å². The van der Waals surface area contributed by atoms with Crippen molar-refractivity contribution in [2.24, 2.45) is 4.99 Å². The van der Waals surface area contributed by atoms with Gasteiger partial charge in [-0.05, 0) is 82.9 Å². The molecule has 0 spiro atoms. The summed E-state index contributed by atoms with van der Waals surface area (Å²) in [5.74, 6) is -2.78. The maximum Gasteiger partial charge on any atom is 0.410 e. The highest BCUT2D eigenvalue weighted by Gasteiger charge is 2.45. The number of benzene rings is 2. The van der Waals surface area contributed by atoms with E-state index in [1.165, 1.54) is 11.8 Å². The Balaban J connectivity index is 0.803. The van der Waals surface area contributed by atoms with Crippen molar-refractivity contribution in [1.82, 2.24) is 25.8 Å². The molecule has 2 aromatic carbocycles. The fourth-order valence-electron chi connectivity index (χ4n) is 6.85. The van der Waals surface area contributed by atoms with Crippen LogP contribution in [0.2, 0.25) is 0 Å². The molecule has 4 heterocycles. The van der Waals surface area contributed by atoms with Crippen molar-refractivity contribution in [1.29, 1.82) is 0 Å². The average molecular weight is 820 g/mol. The number of piperidine rings is 2. The molecule has 0 aromatic heterocycles. The molecule has 0 bridgehead atoms. The van der Waals surface area contributed by atoms with Crippen LogP contribution in [0, 0.1) is 0 Å². The number of thioether (sulfide) groups is 1. The number of imide groups is 2. The van der Waals surface area contributed by atoms with E-state index in [0.717, 1.165) is 4.90 Å². The lowest BCUT2D eigenvalue weighted by Crippen LogP contribution is -2.54. The Bertz CT molecular complexity index is 1950. The van der Waals surface area contributed by atoms with Crippen LogP contribution in [0.3, 0.4) is 0 Å². The second-order valence-corrected chi connectivity index (χ2v) is 16.4. The number of carbonyl (C=O) groups is 7. The largest absolute Gasteiger partial charge is 0.444 e. The number of hydrogen-bond acceptors (Lipinski definition) is 13. The zero-order valence-electron chi connectivity index (χ0n) is 32.8. The number of likely N-dealkylation sites (tertiary alicyclic amines) is 1. The van der Waals surface area contributed by atoms with E-state index in [4.69, 9.17) is 14.2 Å². The minimum Gasteiger partial charge on any atom is -0.444 e. The number of ether oxygens (including phenoxy) is 3. The molecule has 2 fully saturated rings. The summed E-state index contributed by atoms with van der Waals surface area (Å²) in [4.78, 5) is 95.5. The van der Waals surface area contributed by atoms with Crippen LogP contribution in [0.15, 0.2) is 47.5 Å². The summed E-state index contributed by atoms with van der Waals surface area (Å²) in [7, 11) is 0. The molecule has 17 nitrogen and oxygen atoms in total. The Kier molecular flexibility index (Phi) is 13.8. The summed E-state index contributed by atoms with van der Waals surface area (Å²) in [6, 6.07) is 10.3. The molecule has 3 unspecified atom stereocenters. The van der Waals surface area contributed by atoms with Gasteiger partial charge in [0.05, 0.1) is 35.6 Å². The van der Waals surface area contributed by atoms with Crippen LogP contribution in [0.5, 0.6) is 0 Å². The number of nitrogens with one attached hydrogen (secondary N) is 4. The van der Waals surface area contributed by atoms with Gasteiger partial charge in [0.1, 0.15) is 11.6 Å². The predicted octanol–water partition coefficient (Wildman–Crippen LogP) is 2.95. The zero-order chi connectivity index (χ0) is 41.4. The fraction of sp³-hybridized carbons (Fsp3) is 0.500. The summed E-state index contributed by atoms with van der Waals surface area (Å²) >= 11 is 1.44. The lowest BCUT2D eigenvalue weighted by Gasteiger charge is -2.34. The Morgan fingerprint density at radius 3 is 2.26 bits per heavy atom. The van der Waals surface area contributed by atoms with Crippen LogP contribution in [0.25, 0.3) is 0 Å². The first kappa shape index (κ1) is 42.3. The van der Waals surface area contributed by atoms with E-state index in [1.54, 1.807) is 47.4 Å². The molecule has 2 aromatic rings. The summed E-state index contributed by atoms with van der Waals surface area (Å²) in [5, 5.41) is 11.7. The van der Waals surface area contributed by atoms with Gasteiger partial charge in [-0.2, -0.15) is 0 Å². The first-order valence-corrected chi connectivity index (χ1v) is 20.3. The lowest BCUT2D eigenvalue weighted by atomic mass is 10.0. The molecule has 4 aliphatic heterocycles. The van der Waals surface area contributed by atoms with Gasteiger partial charge in [0.25, 0.3) is 23.6 Å². The number of aliphatic imine (C=N–C) groups is 1. The van der Waals surface area contributed by atoms with Gasteiger partial charge in [-0.15, -0.1) is 0 Å². The van der Waals surface area contributed by atoms with Gasteiger partial charge in [-0.25, -0.2) is 4.79 Å². The Morgan fingerprint density at radius 2 is 1.57 bits per heavy atom. The Labute approximate surface area is 340 Å². The summed E-state index contributed by atoms with van der Waals surface area (Å²) in [6.07, 6.45) is 1.71. The van der Waals surface area contributed by atoms with E-state index in [1.807, 2.05) is 20.8 Å². The monoisotopic (exact) mass is 819 g/mol. The van der Waals surface area contributed by atoms with Crippen LogP contribution >= 0.6 is 11.8 Å². The quantitative estimate of drug-likeness (QED) is 0.151. The Hall–Kier alpha value is -5.33. The highest BCUT2D eigenvalue weighted by Crippen LogP contribution is 2.34. The molecular formula is C40H49N7O10S. The maximum absolute atomic E-state index is 13.2. The van der Waals surface area contributed by atoms with E-state index in [2.05, 4.69) is 26.3 Å². The molecule has 2 saturated heterocycles. The smallest absolute Gasteiger partial charge is 0.410 e. The first-order valence-electron chi connectivity index (χ1n) is 19.4. The fourth-order valence-corrected chi connectivity index (χ4v) is 8.09. The van der Waals surface area contributed by atoms with Crippen molar-refractivity contribution in [3.63, 3.8) is 0 Å². The van der Waals surface area contributed by atoms with Gasteiger partial charge in [0, 0.05) is 62.6 Å². The third kappa shape index (κ3) is 10.6. The number of hydrogen-bond donors (Lipinski definition) is 4. The van der Waals surface area contributed by atoms with Crippen molar-refractivity contribution < 1.29 is 47.8 Å². The molecule has 58 heavy (non-hydrogen) atoms. The zero-order valence-corrected chi connectivity index (χ0v) is 33.6. The second-order valence-electron chi connectivity index (χ2n) is 15.2.